The summed E-state index contributed by atoms with van der Waals surface area (Å²) in [6.07, 6.45) is 8.62. The molecule has 0 aliphatic rings. The van der Waals surface area contributed by atoms with Gasteiger partial charge in [-0.1, -0.05) is 13.0 Å². The molecule has 0 unspecified atom stereocenters. The summed E-state index contributed by atoms with van der Waals surface area (Å²) < 4.78 is 0.250. The van der Waals surface area contributed by atoms with Crippen molar-refractivity contribution in [3.63, 3.8) is 0 Å². The Kier molecular flexibility index (Phi) is 41.5. The van der Waals surface area contributed by atoms with E-state index in [-0.39, 0.29) is 13.0 Å². The van der Waals surface area contributed by atoms with Gasteiger partial charge in [-0.2, -0.15) is 0 Å². The first-order valence-electron chi connectivity index (χ1n) is 6.09. The van der Waals surface area contributed by atoms with Gasteiger partial charge in [0.1, 0.15) is 0 Å². The van der Waals surface area contributed by atoms with Crippen LogP contribution in [0.15, 0.2) is 0 Å². The second-order valence-corrected chi connectivity index (χ2v) is 7.85. The minimum atomic E-state index is 0.0833. The number of thiocarbonyl (C=S) groups is 3. The Labute approximate surface area is 173 Å². The molecule has 21 heavy (non-hydrogen) atoms. The van der Waals surface area contributed by atoms with Gasteiger partial charge in [-0.15, -0.1) is 0 Å². The van der Waals surface area contributed by atoms with Crippen LogP contribution in [0.4, 0.5) is 0 Å². The quantitative estimate of drug-likeness (QED) is 0.228. The molecule has 0 radical (unpaired) electrons. The molecule has 0 aromatic carbocycles. The monoisotopic (exact) mass is 487 g/mol. The Morgan fingerprint density at radius 2 is 1.00 bits per heavy atom. The van der Waals surface area contributed by atoms with Crippen LogP contribution in [-0.4, -0.2) is 13.0 Å². The van der Waals surface area contributed by atoms with Crippen LogP contribution in [0.1, 0.15) is 45.4 Å². The first kappa shape index (κ1) is 30.0. The average molecular weight is 486 g/mol. The Morgan fingerprint density at radius 3 is 1.24 bits per heavy atom. The van der Waals surface area contributed by atoms with E-state index in [1.165, 1.54) is 43.3 Å². The third-order valence-corrected chi connectivity index (χ3v) is 2.21. The van der Waals surface area contributed by atoms with Gasteiger partial charge in [0.05, 0.1) is 0 Å². The number of hydrogen-bond acceptors (Lipinski definition) is 6. The second kappa shape index (κ2) is 29.1. The predicted octanol–water partition coefficient (Wildman–Crippen LogP) is 2.64. The van der Waals surface area contributed by atoms with Gasteiger partial charge in [0.15, 0.2) is 0 Å². The van der Waals surface area contributed by atoms with Crippen LogP contribution in [-0.2, 0) is 57.7 Å². The van der Waals surface area contributed by atoms with Gasteiger partial charge in [-0.05, 0) is 0 Å². The average Bonchev–Trinajstić information content (AvgIpc) is 2.26. The molecular formula is C11H23MoN3S6. The summed E-state index contributed by atoms with van der Waals surface area (Å²) in [5, 5.41) is 0. The van der Waals surface area contributed by atoms with E-state index in [1.807, 2.05) is 0 Å². The van der Waals surface area contributed by atoms with E-state index in [1.54, 1.807) is 0 Å². The topological polar surface area (TPSA) is 78.1 Å². The van der Waals surface area contributed by atoms with Crippen molar-refractivity contribution in [2.75, 3.05) is 0 Å². The molecule has 0 aliphatic carbocycles. The van der Waals surface area contributed by atoms with Gasteiger partial charge in [0.2, 0.25) is 0 Å². The molecule has 0 fully saturated rings. The molecule has 0 spiro atoms. The fourth-order valence-corrected chi connectivity index (χ4v) is 1.38. The molecule has 0 bridgehead atoms. The van der Waals surface area contributed by atoms with Crippen LogP contribution in [0.2, 0.25) is 4.81 Å². The largest absolute Gasteiger partial charge is 0.415 e. The summed E-state index contributed by atoms with van der Waals surface area (Å²) >= 11 is 27.0. The standard InChI is InChI=1S/C8H17.3CH3NS2.Mo/c1-3-5-7-8-6-4-2;3*2-1(3)4;/h1,3-8H2,2H3;3*(H3,2,3,4);/q;;;;+3/p-3. The van der Waals surface area contributed by atoms with Crippen LogP contribution < -0.4 is 17.2 Å². The molecule has 0 aromatic heterocycles. The molecule has 3 nitrogen and oxygen atoms in total. The van der Waals surface area contributed by atoms with Crippen LogP contribution in [0, 0.1) is 0 Å². The van der Waals surface area contributed by atoms with Gasteiger partial charge >= 0.3 is 70.1 Å². The van der Waals surface area contributed by atoms with Crippen molar-refractivity contribution in [2.24, 2.45) is 17.2 Å². The molecule has 0 atom stereocenters. The van der Waals surface area contributed by atoms with Crippen molar-refractivity contribution >= 4 is 87.5 Å². The summed E-state index contributed by atoms with van der Waals surface area (Å²) in [6, 6.07) is 0. The smallest absolute Gasteiger partial charge is 0.0708 e. The van der Waals surface area contributed by atoms with Crippen molar-refractivity contribution < 1.29 is 19.8 Å². The molecule has 0 amide bonds. The molecule has 10 heteroatoms. The Balaban J connectivity index is -0.000000102. The molecule has 0 saturated heterocycles. The van der Waals surface area contributed by atoms with E-state index in [2.05, 4.69) is 118 Å². The van der Waals surface area contributed by atoms with E-state index >= 15 is 0 Å². The predicted molar refractivity (Wildman–Crippen MR) is 111 cm³/mol. The van der Waals surface area contributed by atoms with E-state index in [9.17, 15) is 0 Å². The number of rotatable bonds is 6. The fraction of sp³-hybridized carbons (Fsp3) is 0.727. The van der Waals surface area contributed by atoms with E-state index in [0.717, 1.165) is 0 Å². The third-order valence-electron chi connectivity index (χ3n) is 1.50. The van der Waals surface area contributed by atoms with E-state index in [4.69, 9.17) is 0 Å². The maximum Gasteiger partial charge on any atom is -0.0708 e. The number of hydrogen-bond donors (Lipinski definition) is 3. The molecule has 0 heterocycles. The zero-order valence-corrected chi connectivity index (χ0v) is 18.9. The molecule has 0 aromatic rings. The molecule has 6 N–H and O–H groups in total. The van der Waals surface area contributed by atoms with Gasteiger partial charge in [-0.3, -0.25) is 0 Å². The first-order valence-corrected chi connectivity index (χ1v) is 9.96. The van der Waals surface area contributed by atoms with Crippen LogP contribution >= 0.6 is 36.7 Å². The van der Waals surface area contributed by atoms with Crippen LogP contribution in [0.25, 0.3) is 0 Å². The molecule has 124 valence electrons. The summed E-state index contributed by atoms with van der Waals surface area (Å²) in [5.74, 6) is 0. The summed E-state index contributed by atoms with van der Waals surface area (Å²) in [4.78, 5) is 1.38. The minimum absolute atomic E-state index is 0.0833. The Morgan fingerprint density at radius 1 is 0.762 bits per heavy atom. The van der Waals surface area contributed by atoms with Crippen molar-refractivity contribution in [2.45, 2.75) is 50.3 Å². The van der Waals surface area contributed by atoms with Gasteiger partial charge in [0, 0.05) is 0 Å². The molecule has 0 rings (SSSR count). The zero-order valence-electron chi connectivity index (χ0n) is 12.0. The molecule has 0 saturated carbocycles. The molecule has 0 aliphatic heterocycles. The Bertz CT molecular complexity index is 208. The number of unbranched alkanes of at least 4 members (excludes halogenated alkanes) is 5. The van der Waals surface area contributed by atoms with Crippen molar-refractivity contribution in [3.8, 4) is 0 Å². The van der Waals surface area contributed by atoms with E-state index in [0.29, 0.717) is 0 Å². The summed E-state index contributed by atoms with van der Waals surface area (Å²) in [5.41, 5.74) is 14.0. The van der Waals surface area contributed by atoms with Crippen LogP contribution in [0.5, 0.6) is 0 Å². The second-order valence-electron chi connectivity index (χ2n) is 3.43. The maximum atomic E-state index is 4.66. The van der Waals surface area contributed by atoms with Crippen molar-refractivity contribution in [1.29, 1.82) is 0 Å². The van der Waals surface area contributed by atoms with Crippen LogP contribution in [0.3, 0.4) is 0 Å². The summed E-state index contributed by atoms with van der Waals surface area (Å²) in [7, 11) is 0. The summed E-state index contributed by atoms with van der Waals surface area (Å²) in [6.45, 7) is 2.26. The van der Waals surface area contributed by atoms with Crippen molar-refractivity contribution in [1.82, 2.24) is 0 Å². The maximum absolute atomic E-state index is 4.66. The SMILES string of the molecule is CCCCCCC[CH2][Mo+3].NC(=S)[S-].NC(=S)[S-].NC(=S)[S-]. The van der Waals surface area contributed by atoms with Gasteiger partial charge in [0.25, 0.3) is 0 Å². The van der Waals surface area contributed by atoms with Gasteiger partial charge < -0.3 is 91.7 Å². The van der Waals surface area contributed by atoms with Gasteiger partial charge in [-0.25, -0.2) is 0 Å². The zero-order chi connectivity index (χ0) is 17.7. The fourth-order valence-electron chi connectivity index (χ4n) is 0.882. The first-order chi connectivity index (χ1) is 9.61. The van der Waals surface area contributed by atoms with E-state index < -0.39 is 0 Å². The normalized spacial score (nSPS) is 7.62. The minimum Gasteiger partial charge on any atom is -0.415 e. The van der Waals surface area contributed by atoms with Crippen molar-refractivity contribution in [3.05, 3.63) is 0 Å². The number of nitrogens with two attached hydrogens (primary N) is 3. The Hall–Kier alpha value is 1.02. The molecular weight excluding hydrogens is 462 g/mol. The third kappa shape index (κ3) is 154.